The van der Waals surface area contributed by atoms with Crippen LogP contribution >= 0.6 is 11.3 Å². The van der Waals surface area contributed by atoms with E-state index in [4.69, 9.17) is 0 Å². The van der Waals surface area contributed by atoms with Gasteiger partial charge in [0.05, 0.1) is 6.42 Å². The number of rotatable bonds is 3. The van der Waals surface area contributed by atoms with Gasteiger partial charge < -0.3 is 4.42 Å². The molecule has 2 N–H and O–H groups in total. The minimum atomic E-state index is -0.516. The molecule has 0 fully saturated rings. The van der Waals surface area contributed by atoms with Gasteiger partial charge >= 0.3 is 0 Å². The lowest BCUT2D eigenvalue weighted by Crippen LogP contribution is -2.42. The van der Waals surface area contributed by atoms with Gasteiger partial charge in [-0.05, 0) is 22.4 Å². The molecule has 0 atom stereocenters. The van der Waals surface area contributed by atoms with Gasteiger partial charge in [0.15, 0.2) is 12.1 Å². The largest absolute Gasteiger partial charge is 0.451 e. The highest BCUT2D eigenvalue weighted by molar-refractivity contribution is 7.07. The van der Waals surface area contributed by atoms with Gasteiger partial charge in [-0.2, -0.15) is 11.3 Å². The van der Waals surface area contributed by atoms with Crippen molar-refractivity contribution < 1.29 is 14.0 Å². The maximum Gasteiger partial charge on any atom is 0.291 e. The maximum atomic E-state index is 11.4. The quantitative estimate of drug-likeness (QED) is 0.788. The molecule has 0 saturated carbocycles. The van der Waals surface area contributed by atoms with Crippen molar-refractivity contribution in [3.8, 4) is 0 Å². The van der Waals surface area contributed by atoms with Crippen LogP contribution in [0.3, 0.4) is 0 Å². The van der Waals surface area contributed by atoms with E-state index in [1.54, 1.807) is 0 Å². The Bertz CT molecular complexity index is 493. The number of amides is 2. The van der Waals surface area contributed by atoms with Crippen molar-refractivity contribution in [3.05, 3.63) is 40.7 Å². The molecule has 2 aromatic heterocycles. The molecule has 6 nitrogen and oxygen atoms in total. The third-order valence-corrected chi connectivity index (χ3v) is 2.66. The summed E-state index contributed by atoms with van der Waals surface area (Å²) in [4.78, 5) is 26.4. The highest BCUT2D eigenvalue weighted by Gasteiger charge is 2.10. The molecule has 0 aliphatic rings. The van der Waals surface area contributed by atoms with Crippen molar-refractivity contribution >= 4 is 23.2 Å². The average Bonchev–Trinajstić information content (AvgIpc) is 2.97. The molecule has 7 heteroatoms. The molecule has 0 aliphatic heterocycles. The highest BCUT2D eigenvalue weighted by atomic mass is 32.1. The number of thiophene rings is 1. The Hall–Kier alpha value is -2.15. The first-order valence-corrected chi connectivity index (χ1v) is 5.68. The Morgan fingerprint density at radius 3 is 2.94 bits per heavy atom. The number of aromatic nitrogens is 1. The average molecular weight is 251 g/mol. The standard InChI is InChI=1S/C10H9N3O3S/c14-9(3-7-1-2-17-5-7)12-13-10(15)8-4-16-6-11-8/h1-2,4-6H,3H2,(H,12,14)(H,13,15). The summed E-state index contributed by atoms with van der Waals surface area (Å²) in [6.45, 7) is 0. The van der Waals surface area contributed by atoms with Crippen molar-refractivity contribution in [1.82, 2.24) is 15.8 Å². The molecule has 88 valence electrons. The lowest BCUT2D eigenvalue weighted by molar-refractivity contribution is -0.121. The van der Waals surface area contributed by atoms with Gasteiger partial charge in [0.1, 0.15) is 6.26 Å². The van der Waals surface area contributed by atoms with Crippen molar-refractivity contribution in [2.75, 3.05) is 0 Å². The van der Waals surface area contributed by atoms with Crippen LogP contribution in [0, 0.1) is 0 Å². The summed E-state index contributed by atoms with van der Waals surface area (Å²) in [5.41, 5.74) is 5.55. The van der Waals surface area contributed by atoms with Crippen molar-refractivity contribution in [3.63, 3.8) is 0 Å². The third-order valence-electron chi connectivity index (χ3n) is 1.93. The molecule has 17 heavy (non-hydrogen) atoms. The van der Waals surface area contributed by atoms with Crippen LogP contribution in [-0.2, 0) is 11.2 Å². The van der Waals surface area contributed by atoms with Gasteiger partial charge in [-0.15, -0.1) is 0 Å². The topological polar surface area (TPSA) is 84.2 Å². The first-order chi connectivity index (χ1) is 8.25. The Morgan fingerprint density at radius 2 is 2.29 bits per heavy atom. The number of nitrogens with zero attached hydrogens (tertiary/aromatic N) is 1. The normalized spacial score (nSPS) is 9.88. The SMILES string of the molecule is O=C(Cc1ccsc1)NNC(=O)c1cocn1. The van der Waals surface area contributed by atoms with E-state index in [0.717, 1.165) is 12.0 Å². The Morgan fingerprint density at radius 1 is 1.41 bits per heavy atom. The van der Waals surface area contributed by atoms with E-state index in [0.29, 0.717) is 0 Å². The molecular formula is C10H9N3O3S. The van der Waals surface area contributed by atoms with E-state index < -0.39 is 5.91 Å². The van der Waals surface area contributed by atoms with Crippen molar-refractivity contribution in [1.29, 1.82) is 0 Å². The molecule has 0 spiro atoms. The first kappa shape index (κ1) is 11.3. The molecule has 2 aromatic rings. The molecular weight excluding hydrogens is 242 g/mol. The minimum absolute atomic E-state index is 0.112. The van der Waals surface area contributed by atoms with E-state index >= 15 is 0 Å². The summed E-state index contributed by atoms with van der Waals surface area (Å²) in [6.07, 6.45) is 2.56. The van der Waals surface area contributed by atoms with Crippen molar-refractivity contribution in [2.24, 2.45) is 0 Å². The van der Waals surface area contributed by atoms with Crippen LogP contribution in [-0.4, -0.2) is 16.8 Å². The second-order valence-electron chi connectivity index (χ2n) is 3.18. The molecule has 0 unspecified atom stereocenters. The Labute approximate surface area is 101 Å². The Kier molecular flexibility index (Phi) is 3.51. The molecule has 0 aliphatic carbocycles. The second-order valence-corrected chi connectivity index (χ2v) is 3.96. The van der Waals surface area contributed by atoms with Crippen LogP contribution in [0.1, 0.15) is 16.1 Å². The van der Waals surface area contributed by atoms with Crippen molar-refractivity contribution in [2.45, 2.75) is 6.42 Å². The van der Waals surface area contributed by atoms with Crippen LogP contribution in [0.4, 0.5) is 0 Å². The molecule has 0 saturated heterocycles. The molecule has 0 radical (unpaired) electrons. The Balaban J connectivity index is 1.79. The summed E-state index contributed by atoms with van der Waals surface area (Å²) in [7, 11) is 0. The fraction of sp³-hybridized carbons (Fsp3) is 0.100. The molecule has 2 heterocycles. The predicted molar refractivity (Wildman–Crippen MR) is 60.1 cm³/mol. The van der Waals surface area contributed by atoms with E-state index in [9.17, 15) is 9.59 Å². The summed E-state index contributed by atoms with van der Waals surface area (Å²) in [5, 5.41) is 3.76. The monoisotopic (exact) mass is 251 g/mol. The number of nitrogens with one attached hydrogen (secondary N) is 2. The summed E-state index contributed by atoms with van der Waals surface area (Å²) in [6, 6.07) is 1.85. The molecule has 0 aromatic carbocycles. The van der Waals surface area contributed by atoms with Crippen LogP contribution in [0.5, 0.6) is 0 Å². The van der Waals surface area contributed by atoms with Gasteiger partial charge in [-0.1, -0.05) is 0 Å². The number of hydrogen-bond donors (Lipinski definition) is 2. The van der Waals surface area contributed by atoms with E-state index in [2.05, 4.69) is 20.3 Å². The number of carbonyl (C=O) groups excluding carboxylic acids is 2. The fourth-order valence-electron chi connectivity index (χ4n) is 1.14. The zero-order chi connectivity index (χ0) is 12.1. The van der Waals surface area contributed by atoms with Crippen LogP contribution in [0.25, 0.3) is 0 Å². The first-order valence-electron chi connectivity index (χ1n) is 4.74. The third kappa shape index (κ3) is 3.15. The fourth-order valence-corrected chi connectivity index (χ4v) is 1.81. The number of hydrogen-bond acceptors (Lipinski definition) is 5. The molecule has 2 rings (SSSR count). The highest BCUT2D eigenvalue weighted by Crippen LogP contribution is 2.05. The van der Waals surface area contributed by atoms with Crippen LogP contribution in [0.2, 0.25) is 0 Å². The van der Waals surface area contributed by atoms with Gasteiger partial charge in [0.2, 0.25) is 5.91 Å². The second kappa shape index (κ2) is 5.26. The number of carbonyl (C=O) groups is 2. The number of oxazole rings is 1. The molecule has 0 bridgehead atoms. The van der Waals surface area contributed by atoms with E-state index in [-0.39, 0.29) is 18.0 Å². The molecule has 2 amide bonds. The van der Waals surface area contributed by atoms with Crippen LogP contribution in [0.15, 0.2) is 33.9 Å². The number of hydrazine groups is 1. The minimum Gasteiger partial charge on any atom is -0.451 e. The van der Waals surface area contributed by atoms with E-state index in [1.807, 2.05) is 16.8 Å². The van der Waals surface area contributed by atoms with Gasteiger partial charge in [-0.25, -0.2) is 4.98 Å². The van der Waals surface area contributed by atoms with Gasteiger partial charge in [-0.3, -0.25) is 20.4 Å². The van der Waals surface area contributed by atoms with Gasteiger partial charge in [0, 0.05) is 0 Å². The lowest BCUT2D eigenvalue weighted by Gasteiger charge is -2.04. The summed E-state index contributed by atoms with van der Waals surface area (Å²) in [5.74, 6) is -0.808. The van der Waals surface area contributed by atoms with Crippen LogP contribution < -0.4 is 10.9 Å². The smallest absolute Gasteiger partial charge is 0.291 e. The summed E-state index contributed by atoms with van der Waals surface area (Å²) >= 11 is 1.51. The lowest BCUT2D eigenvalue weighted by atomic mass is 10.2. The zero-order valence-corrected chi connectivity index (χ0v) is 9.49. The summed E-state index contributed by atoms with van der Waals surface area (Å²) < 4.78 is 4.64. The van der Waals surface area contributed by atoms with Gasteiger partial charge in [0.25, 0.3) is 5.91 Å². The maximum absolute atomic E-state index is 11.4. The zero-order valence-electron chi connectivity index (χ0n) is 8.67. The predicted octanol–water partition coefficient (Wildman–Crippen LogP) is 0.740. The van der Waals surface area contributed by atoms with E-state index in [1.165, 1.54) is 17.6 Å².